The molecule has 0 radical (unpaired) electrons. The van der Waals surface area contributed by atoms with Gasteiger partial charge >= 0.3 is 23.9 Å². The summed E-state index contributed by atoms with van der Waals surface area (Å²) in [5.74, 6) is -2.62. The molecular formula is C21H26O10. The van der Waals surface area contributed by atoms with Gasteiger partial charge in [0.15, 0.2) is 18.3 Å². The van der Waals surface area contributed by atoms with Gasteiger partial charge in [0.05, 0.1) is 6.61 Å². The van der Waals surface area contributed by atoms with E-state index in [-0.39, 0.29) is 13.2 Å². The van der Waals surface area contributed by atoms with E-state index >= 15 is 0 Å². The van der Waals surface area contributed by atoms with Crippen LogP contribution in [0.1, 0.15) is 33.3 Å². The van der Waals surface area contributed by atoms with E-state index in [1.807, 2.05) is 30.3 Å². The molecule has 0 amide bonds. The van der Waals surface area contributed by atoms with Crippen molar-refractivity contribution in [1.82, 2.24) is 0 Å². The van der Waals surface area contributed by atoms with Crippen LogP contribution >= 0.6 is 0 Å². The third-order valence-corrected chi connectivity index (χ3v) is 4.21. The van der Waals surface area contributed by atoms with Crippen LogP contribution in [0.2, 0.25) is 0 Å². The first-order valence-electron chi connectivity index (χ1n) is 9.63. The highest BCUT2D eigenvalue weighted by atomic mass is 16.7. The van der Waals surface area contributed by atoms with E-state index < -0.39 is 54.6 Å². The van der Waals surface area contributed by atoms with Crippen molar-refractivity contribution in [2.24, 2.45) is 0 Å². The molecule has 1 heterocycles. The zero-order valence-corrected chi connectivity index (χ0v) is 17.8. The standard InChI is InChI=1S/C21H26O10/c1-12(22)26-11-17-18(28-13(2)23)19(29-14(3)24)20(21(31-17)30-15(4)25)27-10-16-8-6-5-7-9-16/h5-9,17-21H,10-11H2,1-4H3/t17-,18+,19-,20-,21+/m1/s1. The lowest BCUT2D eigenvalue weighted by Crippen LogP contribution is -2.62. The van der Waals surface area contributed by atoms with Crippen LogP contribution < -0.4 is 0 Å². The van der Waals surface area contributed by atoms with Gasteiger partial charge in [0.25, 0.3) is 0 Å². The highest BCUT2D eigenvalue weighted by Gasteiger charge is 2.52. The molecule has 0 saturated carbocycles. The maximum absolute atomic E-state index is 11.8. The van der Waals surface area contributed by atoms with E-state index in [1.54, 1.807) is 0 Å². The quantitative estimate of drug-likeness (QED) is 0.433. The largest absolute Gasteiger partial charge is 0.463 e. The Hall–Kier alpha value is -2.98. The van der Waals surface area contributed by atoms with Crippen LogP contribution in [0.4, 0.5) is 0 Å². The Morgan fingerprint density at radius 1 is 0.774 bits per heavy atom. The van der Waals surface area contributed by atoms with Gasteiger partial charge in [-0.25, -0.2) is 0 Å². The topological polar surface area (TPSA) is 124 Å². The minimum absolute atomic E-state index is 0.0752. The fraction of sp³-hybridized carbons (Fsp3) is 0.524. The van der Waals surface area contributed by atoms with Gasteiger partial charge < -0.3 is 28.4 Å². The summed E-state index contributed by atoms with van der Waals surface area (Å²) in [6.45, 7) is 4.47. The zero-order valence-electron chi connectivity index (χ0n) is 17.8. The number of carbonyl (C=O) groups excluding carboxylic acids is 4. The van der Waals surface area contributed by atoms with Crippen molar-refractivity contribution >= 4 is 23.9 Å². The van der Waals surface area contributed by atoms with Gasteiger partial charge in [-0.1, -0.05) is 30.3 Å². The molecule has 0 bridgehead atoms. The second-order valence-corrected chi connectivity index (χ2v) is 6.86. The average molecular weight is 438 g/mol. The second-order valence-electron chi connectivity index (χ2n) is 6.86. The molecule has 5 atom stereocenters. The van der Waals surface area contributed by atoms with Crippen molar-refractivity contribution in [2.75, 3.05) is 6.61 Å². The third kappa shape index (κ3) is 7.65. The highest BCUT2D eigenvalue weighted by molar-refractivity contribution is 5.68. The predicted octanol–water partition coefficient (Wildman–Crippen LogP) is 1.29. The van der Waals surface area contributed by atoms with Crippen molar-refractivity contribution in [3.8, 4) is 0 Å². The summed E-state index contributed by atoms with van der Waals surface area (Å²) in [5.41, 5.74) is 0.803. The molecule has 0 aliphatic carbocycles. The van der Waals surface area contributed by atoms with Crippen molar-refractivity contribution in [3.63, 3.8) is 0 Å². The van der Waals surface area contributed by atoms with Gasteiger partial charge in [0, 0.05) is 27.7 Å². The second kappa shape index (κ2) is 11.4. The normalized spacial score (nSPS) is 25.2. The molecule has 0 N–H and O–H groups in total. The fourth-order valence-corrected chi connectivity index (χ4v) is 3.07. The Balaban J connectivity index is 2.36. The van der Waals surface area contributed by atoms with Crippen molar-refractivity contribution < 1.29 is 47.6 Å². The Morgan fingerprint density at radius 2 is 1.35 bits per heavy atom. The van der Waals surface area contributed by atoms with Gasteiger partial charge in [0.2, 0.25) is 6.29 Å². The van der Waals surface area contributed by atoms with Crippen LogP contribution in [0.25, 0.3) is 0 Å². The summed E-state index contributed by atoms with van der Waals surface area (Å²) in [4.78, 5) is 46.5. The van der Waals surface area contributed by atoms with Crippen molar-refractivity contribution in [1.29, 1.82) is 0 Å². The number of benzene rings is 1. The first-order chi connectivity index (χ1) is 14.7. The average Bonchev–Trinajstić information content (AvgIpc) is 2.67. The van der Waals surface area contributed by atoms with E-state index in [0.717, 1.165) is 5.56 Å². The minimum atomic E-state index is -1.31. The molecule has 0 spiro atoms. The monoisotopic (exact) mass is 438 g/mol. The summed E-state index contributed by atoms with van der Waals surface area (Å²) in [6.07, 6.45) is -5.86. The molecule has 31 heavy (non-hydrogen) atoms. The molecule has 1 saturated heterocycles. The molecule has 0 aromatic heterocycles. The number of carbonyl (C=O) groups is 4. The first kappa shape index (κ1) is 24.3. The molecule has 10 nitrogen and oxygen atoms in total. The number of hydrogen-bond donors (Lipinski definition) is 0. The number of hydrogen-bond acceptors (Lipinski definition) is 10. The Labute approximate surface area is 179 Å². The highest BCUT2D eigenvalue weighted by Crippen LogP contribution is 2.30. The zero-order chi connectivity index (χ0) is 23.0. The Kier molecular flexibility index (Phi) is 8.95. The van der Waals surface area contributed by atoms with E-state index in [2.05, 4.69) is 0 Å². The molecule has 1 aromatic rings. The maximum Gasteiger partial charge on any atom is 0.305 e. The molecule has 170 valence electrons. The van der Waals surface area contributed by atoms with Crippen LogP contribution in [-0.4, -0.2) is 61.2 Å². The molecule has 0 unspecified atom stereocenters. The fourth-order valence-electron chi connectivity index (χ4n) is 3.07. The van der Waals surface area contributed by atoms with E-state index in [4.69, 9.17) is 28.4 Å². The number of rotatable bonds is 8. The van der Waals surface area contributed by atoms with Gasteiger partial charge in [-0.15, -0.1) is 0 Å². The lowest BCUT2D eigenvalue weighted by atomic mass is 9.98. The van der Waals surface area contributed by atoms with Crippen LogP contribution in [-0.2, 0) is 54.2 Å². The van der Waals surface area contributed by atoms with E-state index in [9.17, 15) is 19.2 Å². The summed E-state index contributed by atoms with van der Waals surface area (Å²) >= 11 is 0. The lowest BCUT2D eigenvalue weighted by Gasteiger charge is -2.44. The van der Waals surface area contributed by atoms with Crippen LogP contribution in [0.5, 0.6) is 0 Å². The van der Waals surface area contributed by atoms with E-state index in [1.165, 1.54) is 27.7 Å². The Bertz CT molecular complexity index is 778. The first-order valence-corrected chi connectivity index (χ1v) is 9.63. The predicted molar refractivity (Wildman–Crippen MR) is 103 cm³/mol. The molecule has 1 aliphatic rings. The van der Waals surface area contributed by atoms with Gasteiger partial charge in [-0.05, 0) is 5.56 Å². The van der Waals surface area contributed by atoms with Crippen LogP contribution in [0, 0.1) is 0 Å². The molecule has 10 heteroatoms. The van der Waals surface area contributed by atoms with Crippen LogP contribution in [0.15, 0.2) is 30.3 Å². The number of esters is 4. The van der Waals surface area contributed by atoms with Crippen molar-refractivity contribution in [2.45, 2.75) is 65.0 Å². The summed E-state index contributed by atoms with van der Waals surface area (Å²) in [7, 11) is 0. The molecular weight excluding hydrogens is 412 g/mol. The van der Waals surface area contributed by atoms with Crippen LogP contribution in [0.3, 0.4) is 0 Å². The van der Waals surface area contributed by atoms with Gasteiger partial charge in [0.1, 0.15) is 12.7 Å². The molecule has 2 rings (SSSR count). The molecule has 1 aromatic carbocycles. The molecule has 1 aliphatic heterocycles. The lowest BCUT2D eigenvalue weighted by molar-refractivity contribution is -0.307. The molecule has 1 fully saturated rings. The Morgan fingerprint density at radius 3 is 1.90 bits per heavy atom. The summed E-state index contributed by atoms with van der Waals surface area (Å²) < 4.78 is 32.6. The SMILES string of the molecule is CC(=O)OC[C@H]1O[C@H](OC(C)=O)[C@H](OCc2ccccc2)[C@H](OC(C)=O)[C@H]1OC(C)=O. The summed E-state index contributed by atoms with van der Waals surface area (Å²) in [6, 6.07) is 9.11. The maximum atomic E-state index is 11.8. The van der Waals surface area contributed by atoms with E-state index in [0.29, 0.717) is 0 Å². The van der Waals surface area contributed by atoms with Gasteiger partial charge in [-0.2, -0.15) is 0 Å². The number of ether oxygens (including phenoxy) is 6. The van der Waals surface area contributed by atoms with Gasteiger partial charge in [-0.3, -0.25) is 19.2 Å². The third-order valence-electron chi connectivity index (χ3n) is 4.21. The smallest absolute Gasteiger partial charge is 0.305 e. The van der Waals surface area contributed by atoms with Crippen molar-refractivity contribution in [3.05, 3.63) is 35.9 Å². The summed E-state index contributed by atoms with van der Waals surface area (Å²) in [5, 5.41) is 0. The minimum Gasteiger partial charge on any atom is -0.463 e.